The first-order valence-corrected chi connectivity index (χ1v) is 27.2. The number of carbonyl (C=O) groups excluding carboxylic acids is 6. The summed E-state index contributed by atoms with van der Waals surface area (Å²) in [4.78, 5) is 91.1. The number of imide groups is 2. The number of carboxylic acids is 1. The minimum Gasteiger partial charge on any atom is -0.493 e. The van der Waals surface area contributed by atoms with Crippen molar-refractivity contribution in [1.29, 1.82) is 0 Å². The molecule has 5 N–H and O–H groups in total. The number of piperidine rings is 2. The van der Waals surface area contributed by atoms with Crippen LogP contribution in [0.5, 0.6) is 40.2 Å². The van der Waals surface area contributed by atoms with Crippen molar-refractivity contribution in [2.75, 3.05) is 81.6 Å². The number of fused-ring (bicyclic) bond motifs is 1. The number of ether oxygens (including phenoxy) is 8. The van der Waals surface area contributed by atoms with Gasteiger partial charge in [0, 0.05) is 50.8 Å². The zero-order chi connectivity index (χ0) is 58.2. The van der Waals surface area contributed by atoms with E-state index in [-0.39, 0.29) is 61.1 Å². The van der Waals surface area contributed by atoms with Gasteiger partial charge in [-0.2, -0.15) is 0 Å². The van der Waals surface area contributed by atoms with Crippen LogP contribution in [0.1, 0.15) is 113 Å². The average Bonchev–Trinajstić information content (AvgIpc) is 4.02. The van der Waals surface area contributed by atoms with Crippen molar-refractivity contribution in [1.82, 2.24) is 25.8 Å². The Labute approximate surface area is 470 Å². The zero-order valence-electron chi connectivity index (χ0n) is 46.7. The summed E-state index contributed by atoms with van der Waals surface area (Å²) in [7, 11) is 7.72. The number of carbonyl (C=O) groups is 7. The van der Waals surface area contributed by atoms with Gasteiger partial charge in [-0.25, -0.2) is 0 Å². The first kappa shape index (κ1) is 60.7. The monoisotopic (exact) mass is 1120 g/mol. The van der Waals surface area contributed by atoms with Gasteiger partial charge in [-0.05, 0) is 123 Å². The minimum absolute atomic E-state index is 0.00774. The number of nitrogens with one attached hydrogen (secondary N) is 3. The van der Waals surface area contributed by atoms with Crippen LogP contribution in [-0.4, -0.2) is 161 Å². The van der Waals surface area contributed by atoms with Crippen molar-refractivity contribution in [3.05, 3.63) is 100 Å². The maximum atomic E-state index is 13.3. The zero-order valence-corrected chi connectivity index (χ0v) is 46.7. The fourth-order valence-corrected chi connectivity index (χ4v) is 10.8. The number of likely N-dealkylation sites (tertiary alicyclic amines) is 1. The van der Waals surface area contributed by atoms with Crippen LogP contribution in [0.3, 0.4) is 0 Å². The highest BCUT2D eigenvalue weighted by Gasteiger charge is 2.46. The van der Waals surface area contributed by atoms with E-state index in [0.29, 0.717) is 99.3 Å². The van der Waals surface area contributed by atoms with Gasteiger partial charge in [-0.3, -0.25) is 48.7 Å². The lowest BCUT2D eigenvalue weighted by molar-refractivity contribution is -0.153. The third kappa shape index (κ3) is 14.7. The minimum atomic E-state index is -1.13. The van der Waals surface area contributed by atoms with Gasteiger partial charge in [0.25, 0.3) is 23.6 Å². The second-order valence-corrected chi connectivity index (χ2v) is 19.8. The predicted octanol–water partition coefficient (Wildman–Crippen LogP) is 4.94. The maximum Gasteiger partial charge on any atom is 0.321 e. The number of aliphatic carboxylic acids is 1. The summed E-state index contributed by atoms with van der Waals surface area (Å²) in [6, 6.07) is 17.3. The van der Waals surface area contributed by atoms with Crippen LogP contribution in [-0.2, 0) is 41.6 Å². The second kappa shape index (κ2) is 29.0. The molecule has 0 aromatic heterocycles. The van der Waals surface area contributed by atoms with E-state index in [1.54, 1.807) is 37.3 Å². The maximum absolute atomic E-state index is 13.3. The molecule has 3 heterocycles. The number of benzene rings is 4. The molecule has 436 valence electrons. The fraction of sp³-hybridized carbons (Fsp3) is 0.475. The number of nitrogens with zero attached hydrogens (tertiary/aromatic N) is 2. The number of aliphatic hydroxyl groups excluding tert-OH is 1. The standard InChI is InChI=1S/C59H73N5O17/c1-7-40(38-31-46(75-3)53(77-5)47(32-38)76-4)56(69)63-26-23-37(30-43(63)59(72)73)51-36(19-21-45(74-2)54(51)78-6)15-8-13-35-14-9-16-39(29-35)80-33-49(66)60-24-11-27-79-28-12-25-61-50(67)34-81-44-18-10-17-41-52(44)58(71)64(57(41)70)42-20-22-48(65)62-55(42)68/h9-10,14,16-19,21,29,31-32,37,40,42-43,56,69H,7-8,11-13,15,20,22-28,30,33-34H2,1-6H3,(H,60,66)(H,61,67)(H,72,73)(H,62,65,68)/t37?,40-,42?,43-,56?/m0/s1. The lowest BCUT2D eigenvalue weighted by Crippen LogP contribution is -2.54. The molecule has 4 aromatic rings. The molecule has 7 rings (SSSR count). The van der Waals surface area contributed by atoms with Crippen molar-refractivity contribution >= 4 is 41.4 Å². The molecule has 0 aliphatic carbocycles. The van der Waals surface area contributed by atoms with E-state index in [2.05, 4.69) is 16.0 Å². The third-order valence-corrected chi connectivity index (χ3v) is 14.8. The highest BCUT2D eigenvalue weighted by atomic mass is 16.5. The number of hydrogen-bond acceptors (Lipinski definition) is 17. The molecule has 22 heteroatoms. The van der Waals surface area contributed by atoms with Gasteiger partial charge in [0.1, 0.15) is 29.8 Å². The van der Waals surface area contributed by atoms with E-state index in [1.165, 1.54) is 39.5 Å². The van der Waals surface area contributed by atoms with Gasteiger partial charge >= 0.3 is 5.97 Å². The van der Waals surface area contributed by atoms with Gasteiger partial charge in [-0.1, -0.05) is 31.2 Å². The van der Waals surface area contributed by atoms with Crippen LogP contribution in [0.25, 0.3) is 0 Å². The molecule has 0 bridgehead atoms. The van der Waals surface area contributed by atoms with Gasteiger partial charge in [0.2, 0.25) is 17.6 Å². The van der Waals surface area contributed by atoms with Gasteiger partial charge in [-0.15, -0.1) is 0 Å². The van der Waals surface area contributed by atoms with Gasteiger partial charge < -0.3 is 58.7 Å². The van der Waals surface area contributed by atoms with Crippen LogP contribution in [0.2, 0.25) is 0 Å². The largest absolute Gasteiger partial charge is 0.493 e. The van der Waals surface area contributed by atoms with Crippen LogP contribution in [0.4, 0.5) is 0 Å². The number of aryl methyl sites for hydroxylation is 2. The molecule has 3 aliphatic rings. The van der Waals surface area contributed by atoms with Crippen molar-refractivity contribution in [2.24, 2.45) is 0 Å². The molecule has 81 heavy (non-hydrogen) atoms. The molecule has 0 spiro atoms. The lowest BCUT2D eigenvalue weighted by Gasteiger charge is -2.43. The molecule has 3 aliphatic heterocycles. The van der Waals surface area contributed by atoms with Crippen molar-refractivity contribution < 1.29 is 81.7 Å². The molecule has 22 nitrogen and oxygen atoms in total. The number of carboxylic acid groups (broad SMARTS) is 1. The second-order valence-electron chi connectivity index (χ2n) is 19.8. The molecule has 3 unspecified atom stereocenters. The first-order chi connectivity index (χ1) is 39.2. The average molecular weight is 1120 g/mol. The molecule has 0 saturated carbocycles. The SMILES string of the molecule is CC[C@@H](c1cc(OC)c(OC)c(OC)c1)C(O)N1CCC(c2c(CCCc3cccc(OCC(=O)NCCCOCCCNC(=O)COc4cccc5c4C(=O)N(C4CCC(=O)NC4=O)C5=O)c3)ccc(OC)c2OC)C[C@H]1C(=O)O. The Kier molecular flexibility index (Phi) is 21.7. The summed E-state index contributed by atoms with van der Waals surface area (Å²) < 4.78 is 45.5. The Balaban J connectivity index is 0.813. The summed E-state index contributed by atoms with van der Waals surface area (Å²) in [5.74, 6) is -2.08. The first-order valence-electron chi connectivity index (χ1n) is 27.2. The topological polar surface area (TPSA) is 276 Å². The number of aliphatic hydroxyl groups is 1. The van der Waals surface area contributed by atoms with Crippen molar-refractivity contribution in [3.8, 4) is 40.2 Å². The summed E-state index contributed by atoms with van der Waals surface area (Å²) >= 11 is 0. The van der Waals surface area contributed by atoms with E-state index in [0.717, 1.165) is 33.6 Å². The predicted molar refractivity (Wildman–Crippen MR) is 293 cm³/mol. The van der Waals surface area contributed by atoms with Gasteiger partial charge in [0.05, 0.1) is 46.7 Å². The van der Waals surface area contributed by atoms with E-state index in [9.17, 15) is 43.8 Å². The number of hydrogen-bond donors (Lipinski definition) is 5. The van der Waals surface area contributed by atoms with Crippen LogP contribution in [0.15, 0.2) is 66.7 Å². The molecule has 2 saturated heterocycles. The van der Waals surface area contributed by atoms with Crippen LogP contribution >= 0.6 is 0 Å². The van der Waals surface area contributed by atoms with E-state index in [4.69, 9.17) is 37.9 Å². The van der Waals surface area contributed by atoms with Crippen LogP contribution < -0.4 is 49.1 Å². The fourth-order valence-electron chi connectivity index (χ4n) is 10.8. The van der Waals surface area contributed by atoms with Gasteiger partial charge in [0.15, 0.2) is 36.2 Å². The molecule has 0 radical (unpaired) electrons. The Morgan fingerprint density at radius 3 is 2.02 bits per heavy atom. The van der Waals surface area contributed by atoms with E-state index >= 15 is 0 Å². The molecular weight excluding hydrogens is 1050 g/mol. The third-order valence-electron chi connectivity index (χ3n) is 14.8. The quantitative estimate of drug-likeness (QED) is 0.0342. The normalized spacial score (nSPS) is 17.8. The summed E-state index contributed by atoms with van der Waals surface area (Å²) in [5, 5.41) is 30.4. The van der Waals surface area contributed by atoms with E-state index in [1.807, 2.05) is 37.3 Å². The summed E-state index contributed by atoms with van der Waals surface area (Å²) in [6.45, 7) is 3.03. The molecule has 4 aromatic carbocycles. The molecule has 5 atom stereocenters. The Morgan fingerprint density at radius 1 is 0.728 bits per heavy atom. The molecular formula is C59H73N5O17. The number of amides is 6. The summed E-state index contributed by atoms with van der Waals surface area (Å²) in [6.07, 6.45) is 3.32. The Morgan fingerprint density at radius 2 is 1.40 bits per heavy atom. The smallest absolute Gasteiger partial charge is 0.321 e. The Hall–Kier alpha value is -7.95. The lowest BCUT2D eigenvalue weighted by atomic mass is 9.80. The van der Waals surface area contributed by atoms with Crippen LogP contribution in [0, 0.1) is 0 Å². The van der Waals surface area contributed by atoms with Crippen molar-refractivity contribution in [2.45, 2.75) is 101 Å². The highest BCUT2D eigenvalue weighted by molar-refractivity contribution is 6.24. The molecule has 2 fully saturated rings. The number of rotatable bonds is 30. The number of methoxy groups -OCH3 is 5. The summed E-state index contributed by atoms with van der Waals surface area (Å²) in [5.41, 5.74) is 3.65. The Bertz CT molecular complexity index is 2890. The molecule has 6 amide bonds. The van der Waals surface area contributed by atoms with E-state index < -0.39 is 66.3 Å². The van der Waals surface area contributed by atoms with Crippen molar-refractivity contribution in [3.63, 3.8) is 0 Å². The highest BCUT2D eigenvalue weighted by Crippen LogP contribution is 2.46.